The molecule has 0 radical (unpaired) electrons. The molecule has 1 aliphatic rings. The lowest BCUT2D eigenvalue weighted by atomic mass is 10.1. The van der Waals surface area contributed by atoms with Gasteiger partial charge in [0, 0.05) is 24.4 Å². The van der Waals surface area contributed by atoms with E-state index in [1.54, 1.807) is 11.8 Å². The zero-order valence-corrected chi connectivity index (χ0v) is 18.8. The van der Waals surface area contributed by atoms with Crippen molar-refractivity contribution >= 4 is 28.6 Å². The van der Waals surface area contributed by atoms with E-state index >= 15 is 0 Å². The van der Waals surface area contributed by atoms with Crippen molar-refractivity contribution < 1.29 is 4.79 Å². The number of nitrogens with zero attached hydrogens (tertiary/aromatic N) is 4. The summed E-state index contributed by atoms with van der Waals surface area (Å²) in [5.74, 6) is 0.977. The first-order valence-electron chi connectivity index (χ1n) is 10.7. The fourth-order valence-electron chi connectivity index (χ4n) is 4.31. The standard InChI is InChI=1S/C23H29N5OS/c1-15-10-11-20-17(13-15)14-19(16(2)25-20)22(29)24-12-6-9-21-26-27-23(30-3)28(21)18-7-4-5-8-18/h10-11,13-14,18H,4-9,12H2,1-3H3,(H,24,29). The summed E-state index contributed by atoms with van der Waals surface area (Å²) < 4.78 is 2.33. The molecule has 1 aromatic carbocycles. The molecule has 0 spiro atoms. The number of fused-ring (bicyclic) bond motifs is 1. The Labute approximate surface area is 181 Å². The van der Waals surface area contributed by atoms with Gasteiger partial charge >= 0.3 is 0 Å². The van der Waals surface area contributed by atoms with Crippen LogP contribution in [-0.4, -0.2) is 38.5 Å². The Kier molecular flexibility index (Phi) is 6.37. The van der Waals surface area contributed by atoms with Crippen LogP contribution in [0.15, 0.2) is 29.4 Å². The van der Waals surface area contributed by atoms with Gasteiger partial charge in [0.1, 0.15) is 5.82 Å². The fraction of sp³-hybridized carbons (Fsp3) is 0.478. The quantitative estimate of drug-likeness (QED) is 0.443. The average Bonchev–Trinajstić information content (AvgIpc) is 3.40. The van der Waals surface area contributed by atoms with Crippen molar-refractivity contribution in [2.24, 2.45) is 0 Å². The minimum atomic E-state index is -0.0644. The number of pyridine rings is 1. The van der Waals surface area contributed by atoms with Gasteiger partial charge in [-0.05, 0) is 57.6 Å². The zero-order valence-electron chi connectivity index (χ0n) is 17.9. The van der Waals surface area contributed by atoms with Crippen LogP contribution in [0.2, 0.25) is 0 Å². The highest BCUT2D eigenvalue weighted by molar-refractivity contribution is 7.98. The summed E-state index contributed by atoms with van der Waals surface area (Å²) in [6, 6.07) is 8.59. The first-order chi connectivity index (χ1) is 14.6. The monoisotopic (exact) mass is 423 g/mol. The Morgan fingerprint density at radius 3 is 2.77 bits per heavy atom. The molecule has 0 atom stereocenters. The molecule has 4 rings (SSSR count). The maximum Gasteiger partial charge on any atom is 0.253 e. The van der Waals surface area contributed by atoms with Crippen molar-refractivity contribution in [1.82, 2.24) is 25.1 Å². The zero-order chi connectivity index (χ0) is 21.1. The average molecular weight is 424 g/mol. The Hall–Kier alpha value is -2.41. The van der Waals surface area contributed by atoms with Crippen LogP contribution in [0.25, 0.3) is 10.9 Å². The Bertz CT molecular complexity index is 1060. The Balaban J connectivity index is 1.38. The molecule has 0 aliphatic heterocycles. The van der Waals surface area contributed by atoms with Gasteiger partial charge in [-0.3, -0.25) is 9.78 Å². The maximum atomic E-state index is 12.7. The first-order valence-corrected chi connectivity index (χ1v) is 11.9. The molecule has 2 heterocycles. The van der Waals surface area contributed by atoms with Crippen molar-refractivity contribution in [3.8, 4) is 0 Å². The highest BCUT2D eigenvalue weighted by atomic mass is 32.2. The van der Waals surface area contributed by atoms with E-state index in [0.29, 0.717) is 18.2 Å². The van der Waals surface area contributed by atoms with E-state index in [0.717, 1.165) is 46.0 Å². The number of rotatable bonds is 7. The summed E-state index contributed by atoms with van der Waals surface area (Å²) in [5.41, 5.74) is 3.49. The van der Waals surface area contributed by atoms with E-state index in [-0.39, 0.29) is 5.91 Å². The van der Waals surface area contributed by atoms with Crippen molar-refractivity contribution in [3.05, 3.63) is 46.9 Å². The van der Waals surface area contributed by atoms with Crippen molar-refractivity contribution in [2.45, 2.75) is 63.6 Å². The molecule has 0 bridgehead atoms. The molecular weight excluding hydrogens is 394 g/mol. The van der Waals surface area contributed by atoms with Crippen molar-refractivity contribution in [2.75, 3.05) is 12.8 Å². The molecule has 2 aromatic heterocycles. The van der Waals surface area contributed by atoms with Crippen molar-refractivity contribution in [3.63, 3.8) is 0 Å². The number of carbonyl (C=O) groups excluding carboxylic acids is 1. The highest BCUT2D eigenvalue weighted by Crippen LogP contribution is 2.33. The number of hydrogen-bond donors (Lipinski definition) is 1. The van der Waals surface area contributed by atoms with Gasteiger partial charge in [0.05, 0.1) is 16.8 Å². The minimum absolute atomic E-state index is 0.0644. The van der Waals surface area contributed by atoms with Gasteiger partial charge in [-0.1, -0.05) is 36.2 Å². The summed E-state index contributed by atoms with van der Waals surface area (Å²) >= 11 is 1.66. The van der Waals surface area contributed by atoms with E-state index in [9.17, 15) is 4.79 Å². The van der Waals surface area contributed by atoms with Crippen LogP contribution in [-0.2, 0) is 6.42 Å². The third kappa shape index (κ3) is 4.36. The number of benzene rings is 1. The lowest BCUT2D eigenvalue weighted by Crippen LogP contribution is -2.26. The molecule has 7 heteroatoms. The second kappa shape index (κ2) is 9.16. The fourth-order valence-corrected chi connectivity index (χ4v) is 4.89. The van der Waals surface area contributed by atoms with E-state index in [4.69, 9.17) is 0 Å². The van der Waals surface area contributed by atoms with Crippen LogP contribution >= 0.6 is 11.8 Å². The molecule has 1 amide bonds. The summed E-state index contributed by atoms with van der Waals surface area (Å²) in [6.45, 7) is 4.55. The molecule has 0 unspecified atom stereocenters. The lowest BCUT2D eigenvalue weighted by Gasteiger charge is -2.16. The molecule has 1 aliphatic carbocycles. The summed E-state index contributed by atoms with van der Waals surface area (Å²) in [6.07, 6.45) is 8.70. The predicted octanol–water partition coefficient (Wildman–Crippen LogP) is 4.64. The van der Waals surface area contributed by atoms with E-state index in [2.05, 4.69) is 37.4 Å². The molecule has 6 nitrogen and oxygen atoms in total. The van der Waals surface area contributed by atoms with Crippen LogP contribution < -0.4 is 5.32 Å². The first kappa shape index (κ1) is 20.8. The van der Waals surface area contributed by atoms with Gasteiger partial charge in [-0.15, -0.1) is 10.2 Å². The number of aryl methyl sites for hydroxylation is 3. The van der Waals surface area contributed by atoms with Gasteiger partial charge in [0.15, 0.2) is 5.16 Å². The van der Waals surface area contributed by atoms with E-state index in [1.807, 2.05) is 32.0 Å². The van der Waals surface area contributed by atoms with Crippen LogP contribution in [0, 0.1) is 13.8 Å². The lowest BCUT2D eigenvalue weighted by molar-refractivity contribution is 0.0952. The number of thioether (sulfide) groups is 1. The normalized spacial score (nSPS) is 14.5. The molecule has 1 N–H and O–H groups in total. The van der Waals surface area contributed by atoms with Gasteiger partial charge in [0.25, 0.3) is 5.91 Å². The number of nitrogens with one attached hydrogen (secondary N) is 1. The highest BCUT2D eigenvalue weighted by Gasteiger charge is 2.23. The van der Waals surface area contributed by atoms with Gasteiger partial charge in [-0.25, -0.2) is 0 Å². The summed E-state index contributed by atoms with van der Waals surface area (Å²) in [5, 5.41) is 13.9. The Morgan fingerprint density at radius 2 is 2.00 bits per heavy atom. The van der Waals surface area contributed by atoms with Gasteiger partial charge in [-0.2, -0.15) is 0 Å². The molecule has 1 fully saturated rings. The van der Waals surface area contributed by atoms with Crippen LogP contribution in [0.5, 0.6) is 0 Å². The second-order valence-corrected chi connectivity index (χ2v) is 8.86. The number of hydrogen-bond acceptors (Lipinski definition) is 5. The SMILES string of the molecule is CSc1nnc(CCCNC(=O)c2cc3cc(C)ccc3nc2C)n1C1CCCC1. The molecule has 30 heavy (non-hydrogen) atoms. The summed E-state index contributed by atoms with van der Waals surface area (Å²) in [4.78, 5) is 17.3. The molecular formula is C23H29N5OS. The Morgan fingerprint density at radius 1 is 1.20 bits per heavy atom. The molecule has 1 saturated carbocycles. The topological polar surface area (TPSA) is 72.7 Å². The largest absolute Gasteiger partial charge is 0.352 e. The molecule has 3 aromatic rings. The second-order valence-electron chi connectivity index (χ2n) is 8.09. The van der Waals surface area contributed by atoms with Crippen LogP contribution in [0.4, 0.5) is 0 Å². The van der Waals surface area contributed by atoms with E-state index < -0.39 is 0 Å². The predicted molar refractivity (Wildman–Crippen MR) is 121 cm³/mol. The van der Waals surface area contributed by atoms with Crippen LogP contribution in [0.3, 0.4) is 0 Å². The smallest absolute Gasteiger partial charge is 0.253 e. The molecule has 158 valence electrons. The van der Waals surface area contributed by atoms with Crippen molar-refractivity contribution in [1.29, 1.82) is 0 Å². The third-order valence-electron chi connectivity index (χ3n) is 5.88. The van der Waals surface area contributed by atoms with E-state index in [1.165, 1.54) is 25.7 Å². The third-order valence-corrected chi connectivity index (χ3v) is 6.52. The van der Waals surface area contributed by atoms with Gasteiger partial charge < -0.3 is 9.88 Å². The van der Waals surface area contributed by atoms with Gasteiger partial charge in [0.2, 0.25) is 0 Å². The maximum absolute atomic E-state index is 12.7. The number of aromatic nitrogens is 4. The number of amides is 1. The minimum Gasteiger partial charge on any atom is -0.352 e. The summed E-state index contributed by atoms with van der Waals surface area (Å²) in [7, 11) is 0. The number of carbonyl (C=O) groups is 1. The van der Waals surface area contributed by atoms with Crippen LogP contribution in [0.1, 0.15) is 65.6 Å². The molecule has 0 saturated heterocycles.